The zero-order valence-corrected chi connectivity index (χ0v) is 10.4. The van der Waals surface area contributed by atoms with E-state index in [1.807, 2.05) is 31.2 Å². The van der Waals surface area contributed by atoms with Gasteiger partial charge in [0.2, 0.25) is 0 Å². The largest absolute Gasteiger partial charge is 0.389 e. The van der Waals surface area contributed by atoms with Crippen molar-refractivity contribution in [2.45, 2.75) is 25.9 Å². The molecule has 0 amide bonds. The molecule has 18 heavy (non-hydrogen) atoms. The Hall–Kier alpha value is -1.23. The Balaban J connectivity index is 2.04. The normalized spacial score (nSPS) is 11.6. The first-order valence-corrected chi connectivity index (χ1v) is 5.93. The molecule has 0 aliphatic rings. The van der Waals surface area contributed by atoms with Crippen LogP contribution < -0.4 is 5.32 Å². The fourth-order valence-corrected chi connectivity index (χ4v) is 1.51. The molecule has 0 saturated heterocycles. The Labute approximate surface area is 105 Å². The SMILES string of the molecule is Cc1ccccc1NCCOCCCC(F)(F)F. The smallest absolute Gasteiger partial charge is 0.383 e. The summed E-state index contributed by atoms with van der Waals surface area (Å²) in [7, 11) is 0. The van der Waals surface area contributed by atoms with Crippen LogP contribution in [0, 0.1) is 6.92 Å². The van der Waals surface area contributed by atoms with Gasteiger partial charge in [-0.05, 0) is 25.0 Å². The van der Waals surface area contributed by atoms with Gasteiger partial charge in [0.1, 0.15) is 0 Å². The lowest BCUT2D eigenvalue weighted by Gasteiger charge is -2.10. The highest BCUT2D eigenvalue weighted by atomic mass is 19.4. The molecule has 0 heterocycles. The van der Waals surface area contributed by atoms with Gasteiger partial charge in [0.05, 0.1) is 6.61 Å². The van der Waals surface area contributed by atoms with Gasteiger partial charge in [0.25, 0.3) is 0 Å². The van der Waals surface area contributed by atoms with Crippen molar-refractivity contribution in [2.24, 2.45) is 0 Å². The Kier molecular flexibility index (Phi) is 5.98. The fraction of sp³-hybridized carbons (Fsp3) is 0.538. The Morgan fingerprint density at radius 2 is 1.89 bits per heavy atom. The summed E-state index contributed by atoms with van der Waals surface area (Å²) in [5.74, 6) is 0. The molecule has 102 valence electrons. The summed E-state index contributed by atoms with van der Waals surface area (Å²) in [5, 5.41) is 3.17. The number of ether oxygens (including phenoxy) is 1. The third-order valence-electron chi connectivity index (χ3n) is 2.46. The average Bonchev–Trinajstić information content (AvgIpc) is 2.28. The third kappa shape index (κ3) is 6.49. The molecule has 0 aromatic heterocycles. The minimum absolute atomic E-state index is 0.0217. The van der Waals surface area contributed by atoms with Crippen LogP contribution in [0.15, 0.2) is 24.3 Å². The lowest BCUT2D eigenvalue weighted by atomic mass is 10.2. The van der Waals surface area contributed by atoms with E-state index in [4.69, 9.17) is 4.74 Å². The minimum atomic E-state index is -4.08. The Bertz CT molecular complexity index is 352. The van der Waals surface area contributed by atoms with Crippen LogP contribution in [-0.2, 0) is 4.74 Å². The molecular weight excluding hydrogens is 243 g/mol. The standard InChI is InChI=1S/C13H18F3NO/c1-11-5-2-3-6-12(11)17-8-10-18-9-4-7-13(14,15)16/h2-3,5-6,17H,4,7-10H2,1H3. The number of rotatable bonds is 7. The second kappa shape index (κ2) is 7.26. The molecule has 1 aromatic rings. The number of nitrogens with one attached hydrogen (secondary N) is 1. The molecule has 0 spiro atoms. The van der Waals surface area contributed by atoms with Gasteiger partial charge in [0, 0.05) is 25.3 Å². The maximum atomic E-state index is 11.8. The van der Waals surface area contributed by atoms with Gasteiger partial charge in [-0.2, -0.15) is 13.2 Å². The zero-order valence-electron chi connectivity index (χ0n) is 10.4. The summed E-state index contributed by atoms with van der Waals surface area (Å²) in [6.07, 6.45) is -4.84. The summed E-state index contributed by atoms with van der Waals surface area (Å²) in [6, 6.07) is 7.83. The van der Waals surface area contributed by atoms with E-state index >= 15 is 0 Å². The number of halogens is 3. The number of para-hydroxylation sites is 1. The van der Waals surface area contributed by atoms with E-state index in [1.165, 1.54) is 0 Å². The van der Waals surface area contributed by atoms with Crippen LogP contribution in [0.5, 0.6) is 0 Å². The number of benzene rings is 1. The average molecular weight is 261 g/mol. The summed E-state index contributed by atoms with van der Waals surface area (Å²) < 4.78 is 40.6. The molecule has 1 N–H and O–H groups in total. The highest BCUT2D eigenvalue weighted by molar-refractivity contribution is 5.50. The lowest BCUT2D eigenvalue weighted by molar-refractivity contribution is -0.137. The van der Waals surface area contributed by atoms with Crippen molar-refractivity contribution in [2.75, 3.05) is 25.1 Å². The van der Waals surface area contributed by atoms with Gasteiger partial charge >= 0.3 is 6.18 Å². The van der Waals surface area contributed by atoms with E-state index < -0.39 is 12.6 Å². The second-order valence-electron chi connectivity index (χ2n) is 4.07. The predicted octanol–water partition coefficient (Wildman–Crippen LogP) is 3.77. The monoisotopic (exact) mass is 261 g/mol. The van der Waals surface area contributed by atoms with E-state index in [-0.39, 0.29) is 13.0 Å². The molecule has 0 bridgehead atoms. The molecule has 2 nitrogen and oxygen atoms in total. The molecule has 0 aliphatic heterocycles. The molecule has 1 aromatic carbocycles. The molecule has 0 atom stereocenters. The Morgan fingerprint density at radius 1 is 1.17 bits per heavy atom. The van der Waals surface area contributed by atoms with Crippen LogP contribution in [0.3, 0.4) is 0 Å². The van der Waals surface area contributed by atoms with Crippen molar-refractivity contribution < 1.29 is 17.9 Å². The minimum Gasteiger partial charge on any atom is -0.383 e. The number of anilines is 1. The fourth-order valence-electron chi connectivity index (χ4n) is 1.51. The van der Waals surface area contributed by atoms with E-state index in [9.17, 15) is 13.2 Å². The van der Waals surface area contributed by atoms with E-state index in [2.05, 4.69) is 5.32 Å². The molecule has 0 aliphatic carbocycles. The third-order valence-corrected chi connectivity index (χ3v) is 2.46. The number of alkyl halides is 3. The van der Waals surface area contributed by atoms with Crippen molar-refractivity contribution >= 4 is 5.69 Å². The summed E-state index contributed by atoms with van der Waals surface area (Å²) in [5.41, 5.74) is 2.16. The van der Waals surface area contributed by atoms with Crippen molar-refractivity contribution in [3.8, 4) is 0 Å². The molecule has 0 saturated carbocycles. The first-order chi connectivity index (χ1) is 8.49. The van der Waals surface area contributed by atoms with Gasteiger partial charge in [-0.3, -0.25) is 0 Å². The van der Waals surface area contributed by atoms with Gasteiger partial charge < -0.3 is 10.1 Å². The van der Waals surface area contributed by atoms with Crippen LogP contribution >= 0.6 is 0 Å². The van der Waals surface area contributed by atoms with Crippen LogP contribution in [0.1, 0.15) is 18.4 Å². The van der Waals surface area contributed by atoms with Crippen LogP contribution in [0.4, 0.5) is 18.9 Å². The Morgan fingerprint density at radius 3 is 2.56 bits per heavy atom. The van der Waals surface area contributed by atoms with Gasteiger partial charge in [-0.1, -0.05) is 18.2 Å². The molecule has 0 unspecified atom stereocenters. The topological polar surface area (TPSA) is 21.3 Å². The highest BCUT2D eigenvalue weighted by Crippen LogP contribution is 2.20. The van der Waals surface area contributed by atoms with Crippen molar-refractivity contribution in [1.29, 1.82) is 0 Å². The van der Waals surface area contributed by atoms with Gasteiger partial charge in [-0.15, -0.1) is 0 Å². The molecule has 5 heteroatoms. The maximum Gasteiger partial charge on any atom is 0.389 e. The highest BCUT2D eigenvalue weighted by Gasteiger charge is 2.25. The number of hydrogen-bond acceptors (Lipinski definition) is 2. The lowest BCUT2D eigenvalue weighted by Crippen LogP contribution is -2.12. The predicted molar refractivity (Wildman–Crippen MR) is 65.8 cm³/mol. The van der Waals surface area contributed by atoms with Crippen LogP contribution in [-0.4, -0.2) is 25.9 Å². The maximum absolute atomic E-state index is 11.8. The molecule has 0 fully saturated rings. The zero-order chi connectivity index (χ0) is 13.4. The van der Waals surface area contributed by atoms with Crippen molar-refractivity contribution in [3.63, 3.8) is 0 Å². The first-order valence-electron chi connectivity index (χ1n) is 5.93. The summed E-state index contributed by atoms with van der Waals surface area (Å²) in [4.78, 5) is 0. The van der Waals surface area contributed by atoms with E-state index in [0.717, 1.165) is 11.3 Å². The van der Waals surface area contributed by atoms with E-state index in [1.54, 1.807) is 0 Å². The van der Waals surface area contributed by atoms with Crippen molar-refractivity contribution in [3.05, 3.63) is 29.8 Å². The number of hydrogen-bond donors (Lipinski definition) is 1. The van der Waals surface area contributed by atoms with Crippen LogP contribution in [0.2, 0.25) is 0 Å². The first kappa shape index (κ1) is 14.8. The second-order valence-corrected chi connectivity index (χ2v) is 4.07. The van der Waals surface area contributed by atoms with Gasteiger partial charge in [-0.25, -0.2) is 0 Å². The van der Waals surface area contributed by atoms with Gasteiger partial charge in [0.15, 0.2) is 0 Å². The summed E-state index contributed by atoms with van der Waals surface area (Å²) >= 11 is 0. The quantitative estimate of drug-likeness (QED) is 0.754. The number of aryl methyl sites for hydroxylation is 1. The summed E-state index contributed by atoms with van der Waals surface area (Å²) in [6.45, 7) is 3.14. The van der Waals surface area contributed by atoms with Crippen molar-refractivity contribution in [1.82, 2.24) is 0 Å². The molecular formula is C13H18F3NO. The molecule has 0 radical (unpaired) electrons. The molecule has 1 rings (SSSR count). The van der Waals surface area contributed by atoms with E-state index in [0.29, 0.717) is 13.2 Å². The van der Waals surface area contributed by atoms with Crippen LogP contribution in [0.25, 0.3) is 0 Å².